The number of fused-ring (bicyclic) bond motifs is 1. The minimum atomic E-state index is -0.397. The van der Waals surface area contributed by atoms with E-state index in [1.54, 1.807) is 36.7 Å². The van der Waals surface area contributed by atoms with E-state index in [9.17, 15) is 4.79 Å². The Bertz CT molecular complexity index is 828. The Balaban J connectivity index is 1.87. The molecule has 0 amide bonds. The van der Waals surface area contributed by atoms with Crippen LogP contribution in [0.25, 0.3) is 11.0 Å². The van der Waals surface area contributed by atoms with Gasteiger partial charge in [0, 0.05) is 12.4 Å². The predicted octanol–water partition coefficient (Wildman–Crippen LogP) is 3.47. The van der Waals surface area contributed by atoms with Gasteiger partial charge in [-0.1, -0.05) is 6.07 Å². The van der Waals surface area contributed by atoms with Gasteiger partial charge in [0.05, 0.1) is 16.6 Å². The lowest BCUT2D eigenvalue weighted by Gasteiger charge is -2.07. The highest BCUT2D eigenvalue weighted by atomic mass is 16.5. The highest BCUT2D eigenvalue weighted by Gasteiger charge is 2.10. The summed E-state index contributed by atoms with van der Waals surface area (Å²) in [6.07, 6.45) is 3.22. The van der Waals surface area contributed by atoms with Crippen LogP contribution < -0.4 is 4.74 Å². The highest BCUT2D eigenvalue weighted by Crippen LogP contribution is 2.19. The second-order valence-corrected chi connectivity index (χ2v) is 4.90. The average molecular weight is 278 g/mol. The molecule has 1 aromatic heterocycles. The molecule has 0 spiro atoms. The molecule has 0 atom stereocenters. The first-order valence-corrected chi connectivity index (χ1v) is 6.64. The van der Waals surface area contributed by atoms with Crippen LogP contribution in [0.3, 0.4) is 0 Å². The molecule has 0 saturated carbocycles. The summed E-state index contributed by atoms with van der Waals surface area (Å²) in [6, 6.07) is 10.7. The molecule has 21 heavy (non-hydrogen) atoms. The second-order valence-electron chi connectivity index (χ2n) is 4.90. The molecular formula is C17H14N2O2. The number of ether oxygens (including phenoxy) is 1. The molecule has 4 heteroatoms. The largest absolute Gasteiger partial charge is 0.423 e. The Morgan fingerprint density at radius 1 is 0.905 bits per heavy atom. The van der Waals surface area contributed by atoms with Crippen LogP contribution in [0, 0.1) is 13.8 Å². The van der Waals surface area contributed by atoms with E-state index in [0.717, 1.165) is 16.6 Å². The molecule has 0 N–H and O–H groups in total. The van der Waals surface area contributed by atoms with Crippen LogP contribution in [0.5, 0.6) is 5.75 Å². The normalized spacial score (nSPS) is 10.6. The Hall–Kier alpha value is -2.75. The van der Waals surface area contributed by atoms with E-state index in [0.29, 0.717) is 16.8 Å². The molecule has 1 heterocycles. The van der Waals surface area contributed by atoms with E-state index in [-0.39, 0.29) is 0 Å². The van der Waals surface area contributed by atoms with Gasteiger partial charge in [0.2, 0.25) is 0 Å². The van der Waals surface area contributed by atoms with Gasteiger partial charge in [-0.3, -0.25) is 9.97 Å². The highest BCUT2D eigenvalue weighted by molar-refractivity contribution is 5.94. The van der Waals surface area contributed by atoms with Crippen molar-refractivity contribution in [3.8, 4) is 5.75 Å². The molecule has 0 aliphatic heterocycles. The van der Waals surface area contributed by atoms with E-state index >= 15 is 0 Å². The van der Waals surface area contributed by atoms with Crippen molar-refractivity contribution in [2.75, 3.05) is 0 Å². The Labute approximate surface area is 122 Å². The lowest BCUT2D eigenvalue weighted by atomic mass is 10.1. The summed E-state index contributed by atoms with van der Waals surface area (Å²) < 4.78 is 5.40. The third-order valence-corrected chi connectivity index (χ3v) is 3.39. The molecule has 0 radical (unpaired) electrons. The van der Waals surface area contributed by atoms with Crippen molar-refractivity contribution in [2.45, 2.75) is 13.8 Å². The zero-order chi connectivity index (χ0) is 14.8. The summed E-state index contributed by atoms with van der Waals surface area (Å²) in [4.78, 5) is 20.5. The topological polar surface area (TPSA) is 52.1 Å². The minimum Gasteiger partial charge on any atom is -0.423 e. The number of carbonyl (C=O) groups excluding carboxylic acids is 1. The van der Waals surface area contributed by atoms with E-state index in [2.05, 4.69) is 9.97 Å². The number of rotatable bonds is 2. The van der Waals surface area contributed by atoms with Crippen LogP contribution in [0.2, 0.25) is 0 Å². The summed E-state index contributed by atoms with van der Waals surface area (Å²) in [5, 5.41) is 0. The summed E-state index contributed by atoms with van der Waals surface area (Å²) >= 11 is 0. The summed E-state index contributed by atoms with van der Waals surface area (Å²) in [5.74, 6) is 0.146. The van der Waals surface area contributed by atoms with Crippen LogP contribution in [0.15, 0.2) is 48.8 Å². The average Bonchev–Trinajstić information content (AvgIpc) is 2.50. The van der Waals surface area contributed by atoms with Crippen molar-refractivity contribution >= 4 is 17.0 Å². The van der Waals surface area contributed by atoms with Crippen LogP contribution >= 0.6 is 0 Å². The lowest BCUT2D eigenvalue weighted by molar-refractivity contribution is 0.0735. The first-order valence-electron chi connectivity index (χ1n) is 6.64. The van der Waals surface area contributed by atoms with E-state index in [1.165, 1.54) is 0 Å². The molecule has 3 rings (SSSR count). The van der Waals surface area contributed by atoms with Gasteiger partial charge < -0.3 is 4.74 Å². The van der Waals surface area contributed by atoms with Crippen LogP contribution in [0.1, 0.15) is 21.5 Å². The molecule has 0 aliphatic rings. The fourth-order valence-corrected chi connectivity index (χ4v) is 2.03. The number of benzene rings is 2. The minimum absolute atomic E-state index is 0.397. The van der Waals surface area contributed by atoms with Crippen LogP contribution in [-0.2, 0) is 0 Å². The molecule has 0 aliphatic carbocycles. The number of aromatic nitrogens is 2. The first kappa shape index (κ1) is 13.2. The lowest BCUT2D eigenvalue weighted by Crippen LogP contribution is -2.08. The molecule has 2 aromatic carbocycles. The second kappa shape index (κ2) is 5.32. The number of hydrogen-bond donors (Lipinski definition) is 0. The maximum atomic E-state index is 12.2. The van der Waals surface area contributed by atoms with Crippen molar-refractivity contribution in [3.63, 3.8) is 0 Å². The zero-order valence-corrected chi connectivity index (χ0v) is 11.8. The van der Waals surface area contributed by atoms with Crippen molar-refractivity contribution in [1.82, 2.24) is 9.97 Å². The molecule has 0 bridgehead atoms. The number of hydrogen-bond acceptors (Lipinski definition) is 4. The Kier molecular flexibility index (Phi) is 3.36. The van der Waals surface area contributed by atoms with Gasteiger partial charge in [0.1, 0.15) is 5.75 Å². The van der Waals surface area contributed by atoms with E-state index in [1.807, 2.05) is 26.0 Å². The molecule has 4 nitrogen and oxygen atoms in total. The smallest absolute Gasteiger partial charge is 0.343 e. The van der Waals surface area contributed by atoms with Crippen LogP contribution in [0.4, 0.5) is 0 Å². The van der Waals surface area contributed by atoms with Gasteiger partial charge in [0.25, 0.3) is 0 Å². The fourth-order valence-electron chi connectivity index (χ4n) is 2.03. The van der Waals surface area contributed by atoms with Gasteiger partial charge in [-0.2, -0.15) is 0 Å². The fraction of sp³-hybridized carbons (Fsp3) is 0.118. The number of esters is 1. The quantitative estimate of drug-likeness (QED) is 0.532. The molecule has 0 fully saturated rings. The van der Waals surface area contributed by atoms with Crippen molar-refractivity contribution in [3.05, 3.63) is 65.5 Å². The summed E-state index contributed by atoms with van der Waals surface area (Å²) in [6.45, 7) is 4.00. The monoisotopic (exact) mass is 278 g/mol. The number of aryl methyl sites for hydroxylation is 2. The van der Waals surface area contributed by atoms with Crippen molar-refractivity contribution in [1.29, 1.82) is 0 Å². The summed E-state index contributed by atoms with van der Waals surface area (Å²) in [7, 11) is 0. The Morgan fingerprint density at radius 2 is 1.67 bits per heavy atom. The maximum absolute atomic E-state index is 12.2. The van der Waals surface area contributed by atoms with Crippen molar-refractivity contribution < 1.29 is 9.53 Å². The van der Waals surface area contributed by atoms with Crippen molar-refractivity contribution in [2.24, 2.45) is 0 Å². The van der Waals surface area contributed by atoms with Gasteiger partial charge in [-0.25, -0.2) is 4.79 Å². The maximum Gasteiger partial charge on any atom is 0.343 e. The van der Waals surface area contributed by atoms with Gasteiger partial charge in [-0.15, -0.1) is 0 Å². The number of carbonyl (C=O) groups is 1. The third-order valence-electron chi connectivity index (χ3n) is 3.39. The predicted molar refractivity (Wildman–Crippen MR) is 80.4 cm³/mol. The van der Waals surface area contributed by atoms with E-state index < -0.39 is 5.97 Å². The van der Waals surface area contributed by atoms with Gasteiger partial charge >= 0.3 is 5.97 Å². The Morgan fingerprint density at radius 3 is 2.43 bits per heavy atom. The molecule has 0 unspecified atom stereocenters. The first-order chi connectivity index (χ1) is 10.1. The zero-order valence-electron chi connectivity index (χ0n) is 11.8. The van der Waals surface area contributed by atoms with Gasteiger partial charge in [-0.05, 0) is 55.3 Å². The third kappa shape index (κ3) is 2.74. The summed E-state index contributed by atoms with van der Waals surface area (Å²) in [5.41, 5.74) is 4.13. The van der Waals surface area contributed by atoms with Gasteiger partial charge in [0.15, 0.2) is 0 Å². The van der Waals surface area contributed by atoms with E-state index in [4.69, 9.17) is 4.74 Å². The molecule has 3 aromatic rings. The standard InChI is InChI=1S/C17H14N2O2/c1-11-3-5-14(9-12(11)2)21-17(20)13-4-6-15-16(10-13)19-8-7-18-15/h3-10H,1-2H3. The molecular weight excluding hydrogens is 264 g/mol. The SMILES string of the molecule is Cc1ccc(OC(=O)c2ccc3nccnc3c2)cc1C. The van der Waals surface area contributed by atoms with Crippen LogP contribution in [-0.4, -0.2) is 15.9 Å². The molecule has 0 saturated heterocycles. The number of nitrogens with zero attached hydrogens (tertiary/aromatic N) is 2. The molecule has 104 valence electrons.